The van der Waals surface area contributed by atoms with Crippen LogP contribution >= 0.6 is 0 Å². The van der Waals surface area contributed by atoms with E-state index in [2.05, 4.69) is 48.8 Å². The molecule has 2 saturated carbocycles. The van der Waals surface area contributed by atoms with Crippen LogP contribution < -0.4 is 0 Å². The lowest BCUT2D eigenvalue weighted by Crippen LogP contribution is -2.62. The molecule has 5 fully saturated rings. The summed E-state index contributed by atoms with van der Waals surface area (Å²) in [5.41, 5.74) is 2.15. The van der Waals surface area contributed by atoms with E-state index in [9.17, 15) is 4.79 Å². The smallest absolute Gasteiger partial charge is 0.194 e. The van der Waals surface area contributed by atoms with Gasteiger partial charge in [-0.05, 0) is 31.2 Å². The maximum absolute atomic E-state index is 14.0. The number of carbonyl (C=O) groups is 1. The lowest BCUT2D eigenvalue weighted by Gasteiger charge is -2.46. The predicted octanol–water partition coefficient (Wildman–Crippen LogP) is 1.59. The molecule has 7 nitrogen and oxygen atoms in total. The lowest BCUT2D eigenvalue weighted by atomic mass is 10.0. The van der Waals surface area contributed by atoms with Crippen LogP contribution in [0.3, 0.4) is 0 Å². The molecule has 6 rings (SSSR count). The summed E-state index contributed by atoms with van der Waals surface area (Å²) in [6, 6.07) is 10.1. The van der Waals surface area contributed by atoms with Gasteiger partial charge in [-0.1, -0.05) is 24.3 Å². The highest BCUT2D eigenvalue weighted by Gasteiger charge is 2.40. The summed E-state index contributed by atoms with van der Waals surface area (Å²) in [5, 5.41) is 0. The fraction of sp³-hybridized carbons (Fsp3) is 0.741. The first kappa shape index (κ1) is 23.1. The Bertz CT molecular complexity index is 786. The molecule has 0 spiro atoms. The molecule has 3 aliphatic heterocycles. The van der Waals surface area contributed by atoms with E-state index >= 15 is 0 Å². The second-order valence-corrected chi connectivity index (χ2v) is 10.9. The molecule has 2 aliphatic carbocycles. The molecule has 7 heteroatoms. The number of rotatable bonds is 8. The van der Waals surface area contributed by atoms with Gasteiger partial charge in [0.25, 0.3) is 0 Å². The van der Waals surface area contributed by atoms with Gasteiger partial charge in [-0.25, -0.2) is 0 Å². The first-order valence-electron chi connectivity index (χ1n) is 13.6. The highest BCUT2D eigenvalue weighted by atomic mass is 16.5. The Morgan fingerprint density at radius 1 is 0.735 bits per heavy atom. The Labute approximate surface area is 204 Å². The van der Waals surface area contributed by atoms with Crippen molar-refractivity contribution < 1.29 is 9.53 Å². The predicted molar refractivity (Wildman–Crippen MR) is 133 cm³/mol. The van der Waals surface area contributed by atoms with E-state index in [1.165, 1.54) is 31.2 Å². The summed E-state index contributed by atoms with van der Waals surface area (Å²) < 4.78 is 5.47. The number of nitrogens with zero attached hydrogens (tertiary/aromatic N) is 5. The summed E-state index contributed by atoms with van der Waals surface area (Å²) in [4.78, 5) is 26.6. The third-order valence-corrected chi connectivity index (χ3v) is 8.50. The first-order chi connectivity index (χ1) is 16.7. The van der Waals surface area contributed by atoms with Gasteiger partial charge in [0.05, 0.1) is 13.2 Å². The number of benzene rings is 1. The van der Waals surface area contributed by atoms with Crippen LogP contribution in [0.1, 0.15) is 41.6 Å². The zero-order valence-electron chi connectivity index (χ0n) is 20.6. The average molecular weight is 468 g/mol. The molecule has 34 heavy (non-hydrogen) atoms. The minimum absolute atomic E-state index is 0.118. The number of morpholine rings is 1. The van der Waals surface area contributed by atoms with Crippen molar-refractivity contribution in [2.75, 3.05) is 78.7 Å². The lowest BCUT2D eigenvalue weighted by molar-refractivity contribution is -0.00881. The SMILES string of the molecule is O=C(c1ccc(CN2CCOCC2)cc1)C(N1CCN(C2CC2)CC1)N1CCN(C2CC2)CC1. The summed E-state index contributed by atoms with van der Waals surface area (Å²) in [6.07, 6.45) is 5.34. The Hall–Kier alpha value is -1.35. The molecule has 0 aromatic heterocycles. The largest absolute Gasteiger partial charge is 0.379 e. The third kappa shape index (κ3) is 5.40. The molecule has 3 saturated heterocycles. The molecular formula is C27H41N5O2. The van der Waals surface area contributed by atoms with Crippen molar-refractivity contribution in [2.24, 2.45) is 0 Å². The van der Waals surface area contributed by atoms with Crippen LogP contribution in [0, 0.1) is 0 Å². The van der Waals surface area contributed by atoms with Gasteiger partial charge in [0.15, 0.2) is 5.78 Å². The monoisotopic (exact) mass is 467 g/mol. The van der Waals surface area contributed by atoms with E-state index in [1.54, 1.807) is 0 Å². The topological polar surface area (TPSA) is 42.5 Å². The second-order valence-electron chi connectivity index (χ2n) is 10.9. The van der Waals surface area contributed by atoms with E-state index < -0.39 is 0 Å². The molecule has 5 aliphatic rings. The number of hydrogen-bond donors (Lipinski definition) is 0. The summed E-state index contributed by atoms with van der Waals surface area (Å²) in [6.45, 7) is 13.0. The Morgan fingerprint density at radius 3 is 1.71 bits per heavy atom. The van der Waals surface area contributed by atoms with Crippen LogP contribution in [0.4, 0.5) is 0 Å². The van der Waals surface area contributed by atoms with E-state index in [0.29, 0.717) is 0 Å². The molecule has 1 aromatic rings. The number of Topliss-reactive ketones (excluding diaryl/α,β-unsaturated/α-hetero) is 1. The third-order valence-electron chi connectivity index (χ3n) is 8.50. The van der Waals surface area contributed by atoms with Crippen molar-refractivity contribution >= 4 is 5.78 Å². The molecule has 186 valence electrons. The number of ether oxygens (including phenoxy) is 1. The molecule has 0 bridgehead atoms. The Balaban J connectivity index is 1.14. The highest BCUT2D eigenvalue weighted by molar-refractivity contribution is 5.99. The van der Waals surface area contributed by atoms with Gasteiger partial charge < -0.3 is 4.74 Å². The summed E-state index contributed by atoms with van der Waals surface area (Å²) >= 11 is 0. The molecule has 0 atom stereocenters. The van der Waals surface area contributed by atoms with E-state index in [1.807, 2.05) is 0 Å². The van der Waals surface area contributed by atoms with Gasteiger partial charge in [0, 0.05) is 89.6 Å². The van der Waals surface area contributed by atoms with Gasteiger partial charge in [-0.15, -0.1) is 0 Å². The van der Waals surface area contributed by atoms with Gasteiger partial charge in [-0.3, -0.25) is 29.3 Å². The maximum Gasteiger partial charge on any atom is 0.194 e. The van der Waals surface area contributed by atoms with Crippen LogP contribution in [-0.2, 0) is 11.3 Å². The van der Waals surface area contributed by atoms with Crippen molar-refractivity contribution in [1.82, 2.24) is 24.5 Å². The van der Waals surface area contributed by atoms with E-state index in [-0.39, 0.29) is 11.9 Å². The van der Waals surface area contributed by atoms with Gasteiger partial charge in [-0.2, -0.15) is 0 Å². The molecular weight excluding hydrogens is 426 g/mol. The van der Waals surface area contributed by atoms with E-state index in [4.69, 9.17) is 4.74 Å². The quantitative estimate of drug-likeness (QED) is 0.538. The normalized spacial score (nSPS) is 26.9. The molecule has 0 unspecified atom stereocenters. The van der Waals surface area contributed by atoms with Gasteiger partial charge >= 0.3 is 0 Å². The van der Waals surface area contributed by atoms with Crippen LogP contribution in [0.2, 0.25) is 0 Å². The van der Waals surface area contributed by atoms with Crippen molar-refractivity contribution in [3.63, 3.8) is 0 Å². The zero-order chi connectivity index (χ0) is 22.9. The summed E-state index contributed by atoms with van der Waals surface area (Å²) in [7, 11) is 0. The Kier molecular flexibility index (Phi) is 7.01. The maximum atomic E-state index is 14.0. The van der Waals surface area contributed by atoms with Crippen LogP contribution in [0.25, 0.3) is 0 Å². The van der Waals surface area contributed by atoms with Gasteiger partial charge in [0.2, 0.25) is 0 Å². The second kappa shape index (κ2) is 10.3. The van der Waals surface area contributed by atoms with Crippen LogP contribution in [0.5, 0.6) is 0 Å². The van der Waals surface area contributed by atoms with E-state index in [0.717, 1.165) is 103 Å². The standard InChI is InChI=1S/C27H41N5O2/c33-26(23-3-1-22(2-4-23)21-28-17-19-34-20-18-28)27(31-13-9-29(10-14-31)24-5-6-24)32-15-11-30(12-16-32)25-7-8-25/h1-4,24-25,27H,5-21H2. The first-order valence-corrected chi connectivity index (χ1v) is 13.6. The highest BCUT2D eigenvalue weighted by Crippen LogP contribution is 2.30. The van der Waals surface area contributed by atoms with Crippen LogP contribution in [-0.4, -0.2) is 127 Å². The van der Waals surface area contributed by atoms with Crippen molar-refractivity contribution in [1.29, 1.82) is 0 Å². The molecule has 0 N–H and O–H groups in total. The molecule has 1 aromatic carbocycles. The number of piperazine rings is 2. The van der Waals surface area contributed by atoms with Gasteiger partial charge in [0.1, 0.15) is 6.17 Å². The number of ketones is 1. The average Bonchev–Trinajstić information content (AvgIpc) is 3.79. The molecule has 3 heterocycles. The van der Waals surface area contributed by atoms with Crippen molar-refractivity contribution in [3.8, 4) is 0 Å². The number of hydrogen-bond acceptors (Lipinski definition) is 7. The molecule has 0 radical (unpaired) electrons. The number of carbonyl (C=O) groups excluding carboxylic acids is 1. The fourth-order valence-corrected chi connectivity index (χ4v) is 6.08. The van der Waals surface area contributed by atoms with Crippen molar-refractivity contribution in [3.05, 3.63) is 35.4 Å². The van der Waals surface area contributed by atoms with Crippen molar-refractivity contribution in [2.45, 2.75) is 50.5 Å². The zero-order valence-corrected chi connectivity index (χ0v) is 20.6. The summed E-state index contributed by atoms with van der Waals surface area (Å²) in [5.74, 6) is 0.290. The molecule has 0 amide bonds. The van der Waals surface area contributed by atoms with Crippen LogP contribution in [0.15, 0.2) is 24.3 Å². The Morgan fingerprint density at radius 2 is 1.24 bits per heavy atom. The minimum atomic E-state index is -0.118. The fourth-order valence-electron chi connectivity index (χ4n) is 6.08. The minimum Gasteiger partial charge on any atom is -0.379 e.